The van der Waals surface area contributed by atoms with E-state index in [9.17, 15) is 0 Å². The fourth-order valence-corrected chi connectivity index (χ4v) is 1.63. The molecule has 0 fully saturated rings. The third-order valence-electron chi connectivity index (χ3n) is 2.04. The first-order chi connectivity index (χ1) is 6.31. The normalized spacial score (nSPS) is 10.3. The molecule has 0 unspecified atom stereocenters. The van der Waals surface area contributed by atoms with Crippen molar-refractivity contribution in [1.29, 1.82) is 0 Å². The van der Waals surface area contributed by atoms with Crippen LogP contribution < -0.4 is 4.74 Å². The summed E-state index contributed by atoms with van der Waals surface area (Å²) in [5.74, 6) is 0.908. The molecule has 2 aromatic carbocycles. The van der Waals surface area contributed by atoms with Crippen molar-refractivity contribution in [3.63, 3.8) is 0 Å². The van der Waals surface area contributed by atoms with Crippen LogP contribution in [0.4, 0.5) is 0 Å². The fraction of sp³-hybridized carbons (Fsp3) is 0.0909. The van der Waals surface area contributed by atoms with E-state index in [1.165, 1.54) is 0 Å². The van der Waals surface area contributed by atoms with E-state index in [0.29, 0.717) is 0 Å². The molecule has 0 amide bonds. The van der Waals surface area contributed by atoms with E-state index in [-0.39, 0.29) is 0 Å². The van der Waals surface area contributed by atoms with Gasteiger partial charge in [-0.3, -0.25) is 0 Å². The van der Waals surface area contributed by atoms with Gasteiger partial charge >= 0.3 is 0 Å². The molecule has 0 aliphatic heterocycles. The predicted molar refractivity (Wildman–Crippen MR) is 57.8 cm³/mol. The highest BCUT2D eigenvalue weighted by atomic mass is 32.1. The Morgan fingerprint density at radius 2 is 2.00 bits per heavy atom. The second-order valence-corrected chi connectivity index (χ2v) is 3.38. The summed E-state index contributed by atoms with van der Waals surface area (Å²) in [4.78, 5) is 0.973. The van der Waals surface area contributed by atoms with Crippen LogP contribution in [0.15, 0.2) is 41.3 Å². The summed E-state index contributed by atoms with van der Waals surface area (Å²) in [6.45, 7) is 0. The van der Waals surface area contributed by atoms with Gasteiger partial charge < -0.3 is 4.74 Å². The first-order valence-electron chi connectivity index (χ1n) is 4.07. The molecule has 0 N–H and O–H groups in total. The minimum absolute atomic E-state index is 0.908. The molecule has 0 saturated heterocycles. The van der Waals surface area contributed by atoms with Crippen LogP contribution in [-0.2, 0) is 0 Å². The molecule has 13 heavy (non-hydrogen) atoms. The predicted octanol–water partition coefficient (Wildman–Crippen LogP) is 3.14. The molecule has 0 aliphatic rings. The van der Waals surface area contributed by atoms with Gasteiger partial charge in [0.1, 0.15) is 5.75 Å². The summed E-state index contributed by atoms with van der Waals surface area (Å²) in [6.07, 6.45) is 0. The maximum atomic E-state index is 5.24. The van der Waals surface area contributed by atoms with Gasteiger partial charge in [0.2, 0.25) is 0 Å². The van der Waals surface area contributed by atoms with Crippen LogP contribution in [0.3, 0.4) is 0 Å². The maximum Gasteiger partial charge on any atom is 0.126 e. The first-order valence-corrected chi connectivity index (χ1v) is 4.52. The number of fused-ring (bicyclic) bond motifs is 1. The van der Waals surface area contributed by atoms with Crippen LogP contribution in [-0.4, -0.2) is 7.11 Å². The second-order valence-electron chi connectivity index (χ2n) is 2.87. The number of thiol groups is 1. The Labute approximate surface area is 82.7 Å². The van der Waals surface area contributed by atoms with Gasteiger partial charge in [-0.1, -0.05) is 12.1 Å². The third-order valence-corrected chi connectivity index (χ3v) is 2.32. The van der Waals surface area contributed by atoms with Crippen molar-refractivity contribution >= 4 is 23.4 Å². The molecule has 2 heteroatoms. The number of rotatable bonds is 1. The lowest BCUT2D eigenvalue weighted by atomic mass is 10.1. The average molecular weight is 190 g/mol. The van der Waals surface area contributed by atoms with Crippen LogP contribution in [0.2, 0.25) is 0 Å². The molecular formula is C11H10OS. The zero-order valence-electron chi connectivity index (χ0n) is 7.32. The highest BCUT2D eigenvalue weighted by Crippen LogP contribution is 2.26. The Bertz CT molecular complexity index is 437. The molecule has 2 rings (SSSR count). The summed E-state index contributed by atoms with van der Waals surface area (Å²) in [7, 11) is 1.68. The zero-order chi connectivity index (χ0) is 9.26. The van der Waals surface area contributed by atoms with E-state index in [4.69, 9.17) is 4.74 Å². The molecule has 0 spiro atoms. The summed E-state index contributed by atoms with van der Waals surface area (Å²) < 4.78 is 5.24. The van der Waals surface area contributed by atoms with Gasteiger partial charge in [0.05, 0.1) is 7.11 Å². The molecule has 0 aliphatic carbocycles. The van der Waals surface area contributed by atoms with Crippen LogP contribution in [0.5, 0.6) is 5.75 Å². The molecule has 0 aromatic heterocycles. The summed E-state index contributed by atoms with van der Waals surface area (Å²) in [6, 6.07) is 12.0. The van der Waals surface area contributed by atoms with Crippen molar-refractivity contribution in [1.82, 2.24) is 0 Å². The average Bonchev–Trinajstić information content (AvgIpc) is 2.16. The van der Waals surface area contributed by atoms with Gasteiger partial charge in [0.15, 0.2) is 0 Å². The maximum absolute atomic E-state index is 5.24. The number of ether oxygens (including phenoxy) is 1. The molecule has 0 heterocycles. The monoisotopic (exact) mass is 190 g/mol. The molecule has 0 atom stereocenters. The van der Waals surface area contributed by atoms with E-state index < -0.39 is 0 Å². The Balaban J connectivity index is 2.77. The molecule has 1 nitrogen and oxygen atoms in total. The fourth-order valence-electron chi connectivity index (χ4n) is 1.42. The van der Waals surface area contributed by atoms with Gasteiger partial charge in [-0.25, -0.2) is 0 Å². The zero-order valence-corrected chi connectivity index (χ0v) is 8.21. The van der Waals surface area contributed by atoms with Gasteiger partial charge in [0, 0.05) is 10.3 Å². The Kier molecular flexibility index (Phi) is 2.15. The second kappa shape index (κ2) is 3.30. The lowest BCUT2D eigenvalue weighted by molar-refractivity contribution is 0.420. The van der Waals surface area contributed by atoms with Crippen LogP contribution >= 0.6 is 12.6 Å². The molecule has 2 aromatic rings. The Morgan fingerprint density at radius 3 is 2.77 bits per heavy atom. The van der Waals surface area contributed by atoms with E-state index in [0.717, 1.165) is 21.4 Å². The molecular weight excluding hydrogens is 180 g/mol. The summed E-state index contributed by atoms with van der Waals surface area (Å²) in [5, 5.41) is 2.29. The van der Waals surface area contributed by atoms with E-state index in [1.807, 2.05) is 30.3 Å². The molecule has 0 saturated carbocycles. The summed E-state index contributed by atoms with van der Waals surface area (Å²) >= 11 is 4.28. The molecule has 0 radical (unpaired) electrons. The Morgan fingerprint density at radius 1 is 1.15 bits per heavy atom. The summed E-state index contributed by atoms with van der Waals surface area (Å²) in [5.41, 5.74) is 0. The third kappa shape index (κ3) is 1.49. The first kappa shape index (κ1) is 8.45. The minimum Gasteiger partial charge on any atom is -0.496 e. The highest BCUT2D eigenvalue weighted by Gasteiger charge is 1.99. The van der Waals surface area contributed by atoms with E-state index in [2.05, 4.69) is 18.7 Å². The topological polar surface area (TPSA) is 9.23 Å². The number of benzene rings is 2. The van der Waals surface area contributed by atoms with Crippen molar-refractivity contribution in [2.24, 2.45) is 0 Å². The van der Waals surface area contributed by atoms with Crippen LogP contribution in [0.1, 0.15) is 0 Å². The van der Waals surface area contributed by atoms with Crippen molar-refractivity contribution < 1.29 is 4.74 Å². The molecule has 66 valence electrons. The van der Waals surface area contributed by atoms with Gasteiger partial charge in [-0.2, -0.15) is 0 Å². The number of methoxy groups -OCH3 is 1. The highest BCUT2D eigenvalue weighted by molar-refractivity contribution is 7.80. The van der Waals surface area contributed by atoms with Crippen molar-refractivity contribution in [2.45, 2.75) is 4.90 Å². The SMILES string of the molecule is COc1cccc2cc(S)ccc12. The lowest BCUT2D eigenvalue weighted by Crippen LogP contribution is -1.83. The van der Waals surface area contributed by atoms with Gasteiger partial charge in [-0.15, -0.1) is 12.6 Å². The smallest absolute Gasteiger partial charge is 0.126 e. The van der Waals surface area contributed by atoms with E-state index in [1.54, 1.807) is 7.11 Å². The van der Waals surface area contributed by atoms with Crippen molar-refractivity contribution in [2.75, 3.05) is 7.11 Å². The minimum atomic E-state index is 0.908. The van der Waals surface area contributed by atoms with Gasteiger partial charge in [-0.05, 0) is 29.7 Å². The quantitative estimate of drug-likeness (QED) is 0.680. The van der Waals surface area contributed by atoms with Crippen molar-refractivity contribution in [3.05, 3.63) is 36.4 Å². The van der Waals surface area contributed by atoms with Crippen LogP contribution in [0, 0.1) is 0 Å². The molecule has 0 bridgehead atoms. The number of hydrogen-bond acceptors (Lipinski definition) is 2. The standard InChI is InChI=1S/C11H10OS/c1-12-11-4-2-3-8-7-9(13)5-6-10(8)11/h2-7,13H,1H3. The Hall–Kier alpha value is -1.15. The van der Waals surface area contributed by atoms with Crippen molar-refractivity contribution in [3.8, 4) is 5.75 Å². The van der Waals surface area contributed by atoms with Gasteiger partial charge in [0.25, 0.3) is 0 Å². The van der Waals surface area contributed by atoms with E-state index >= 15 is 0 Å². The van der Waals surface area contributed by atoms with Crippen LogP contribution in [0.25, 0.3) is 10.8 Å². The lowest BCUT2D eigenvalue weighted by Gasteiger charge is -2.04. The number of hydrogen-bond donors (Lipinski definition) is 1. The largest absolute Gasteiger partial charge is 0.496 e.